The SMILES string of the molecule is Cc1cc(NS(=O)(=O)c2ccccc2Cl)ccc1-c1ccc2nc(NC3CCC(NC(=O)O)CC3)ncc2c1. The standard InChI is InChI=1S/C28H28ClN5O4S/c1-17-14-22(34-39(37,38)26-5-3-2-4-24(26)29)11-12-23(17)18-6-13-25-19(15-18)16-30-27(33-25)31-20-7-9-21(10-8-20)32-28(35)36/h2-6,11-16,20-21,32,34H,7-10H2,1H3,(H,35,36)(H,30,31,33). The lowest BCUT2D eigenvalue weighted by molar-refractivity contribution is 0.185. The summed E-state index contributed by atoms with van der Waals surface area (Å²) in [6.45, 7) is 1.93. The molecule has 0 aliphatic heterocycles. The summed E-state index contributed by atoms with van der Waals surface area (Å²) in [4.78, 5) is 20.0. The Balaban J connectivity index is 1.29. The molecule has 1 saturated carbocycles. The van der Waals surface area contributed by atoms with Gasteiger partial charge < -0.3 is 15.7 Å². The number of sulfonamides is 1. The molecule has 0 unspecified atom stereocenters. The van der Waals surface area contributed by atoms with Crippen LogP contribution in [0.15, 0.2) is 71.8 Å². The molecule has 0 radical (unpaired) electrons. The van der Waals surface area contributed by atoms with E-state index in [9.17, 15) is 13.2 Å². The molecule has 1 fully saturated rings. The van der Waals surface area contributed by atoms with Crippen LogP contribution in [0.4, 0.5) is 16.4 Å². The first kappa shape index (κ1) is 26.7. The van der Waals surface area contributed by atoms with Gasteiger partial charge in [0.1, 0.15) is 4.90 Å². The number of aryl methyl sites for hydroxylation is 1. The van der Waals surface area contributed by atoms with Crippen LogP contribution in [0, 0.1) is 6.92 Å². The van der Waals surface area contributed by atoms with Gasteiger partial charge in [0.05, 0.1) is 10.5 Å². The highest BCUT2D eigenvalue weighted by atomic mass is 35.5. The number of carbonyl (C=O) groups is 1. The summed E-state index contributed by atoms with van der Waals surface area (Å²) in [6.07, 6.45) is 4.05. The number of rotatable bonds is 7. The second kappa shape index (κ2) is 11.1. The third-order valence-electron chi connectivity index (χ3n) is 6.88. The third-order valence-corrected chi connectivity index (χ3v) is 8.76. The summed E-state index contributed by atoms with van der Waals surface area (Å²) >= 11 is 6.08. The van der Waals surface area contributed by atoms with E-state index in [-0.39, 0.29) is 22.0 Å². The maximum atomic E-state index is 12.8. The zero-order valence-corrected chi connectivity index (χ0v) is 22.8. The molecule has 4 N–H and O–H groups in total. The van der Waals surface area contributed by atoms with Crippen LogP contribution in [0.5, 0.6) is 0 Å². The Kier molecular flexibility index (Phi) is 7.58. The summed E-state index contributed by atoms with van der Waals surface area (Å²) in [5, 5.41) is 15.9. The number of fused-ring (bicyclic) bond motifs is 1. The van der Waals surface area contributed by atoms with Crippen LogP contribution in [-0.2, 0) is 10.0 Å². The van der Waals surface area contributed by atoms with Gasteiger partial charge in [-0.2, -0.15) is 0 Å². The molecule has 202 valence electrons. The highest BCUT2D eigenvalue weighted by Crippen LogP contribution is 2.30. The highest BCUT2D eigenvalue weighted by Gasteiger charge is 2.23. The van der Waals surface area contributed by atoms with Crippen molar-refractivity contribution in [2.24, 2.45) is 0 Å². The van der Waals surface area contributed by atoms with Gasteiger partial charge in [-0.15, -0.1) is 0 Å². The molecule has 1 aliphatic rings. The minimum atomic E-state index is -3.82. The first-order valence-electron chi connectivity index (χ1n) is 12.6. The molecule has 5 rings (SSSR count). The van der Waals surface area contributed by atoms with E-state index < -0.39 is 16.1 Å². The number of nitrogens with zero attached hydrogens (tertiary/aromatic N) is 2. The van der Waals surface area contributed by atoms with E-state index in [0.29, 0.717) is 11.6 Å². The lowest BCUT2D eigenvalue weighted by Gasteiger charge is -2.28. The zero-order valence-electron chi connectivity index (χ0n) is 21.2. The Bertz CT molecular complexity index is 1640. The summed E-state index contributed by atoms with van der Waals surface area (Å²) in [7, 11) is -3.82. The molecular weight excluding hydrogens is 538 g/mol. The van der Waals surface area contributed by atoms with Crippen LogP contribution in [0.25, 0.3) is 22.0 Å². The molecule has 0 atom stereocenters. The second-order valence-electron chi connectivity index (χ2n) is 9.68. The molecular formula is C28H28ClN5O4S. The van der Waals surface area contributed by atoms with Gasteiger partial charge in [0.15, 0.2) is 0 Å². The van der Waals surface area contributed by atoms with Gasteiger partial charge in [-0.05, 0) is 85.7 Å². The molecule has 11 heteroatoms. The van der Waals surface area contributed by atoms with Gasteiger partial charge in [-0.25, -0.2) is 23.2 Å². The lowest BCUT2D eigenvalue weighted by Crippen LogP contribution is -2.39. The molecule has 0 saturated heterocycles. The normalized spacial score (nSPS) is 17.5. The molecule has 1 amide bonds. The quantitative estimate of drug-likeness (QED) is 0.214. The topological polar surface area (TPSA) is 133 Å². The number of aromatic nitrogens is 2. The molecule has 3 aromatic carbocycles. The average molecular weight is 566 g/mol. The van der Waals surface area contributed by atoms with Crippen molar-refractivity contribution in [1.82, 2.24) is 15.3 Å². The van der Waals surface area contributed by atoms with Crippen molar-refractivity contribution in [2.45, 2.75) is 49.6 Å². The molecule has 1 heterocycles. The fourth-order valence-corrected chi connectivity index (χ4v) is 6.50. The van der Waals surface area contributed by atoms with E-state index in [0.717, 1.165) is 53.3 Å². The van der Waals surface area contributed by atoms with E-state index in [2.05, 4.69) is 25.3 Å². The number of amides is 1. The van der Waals surface area contributed by atoms with Crippen LogP contribution in [0.3, 0.4) is 0 Å². The Labute approximate surface area is 231 Å². The number of carboxylic acid groups (broad SMARTS) is 1. The van der Waals surface area contributed by atoms with Crippen molar-refractivity contribution in [1.29, 1.82) is 0 Å². The molecule has 0 bridgehead atoms. The first-order valence-corrected chi connectivity index (χ1v) is 14.5. The van der Waals surface area contributed by atoms with Crippen LogP contribution in [0.1, 0.15) is 31.2 Å². The van der Waals surface area contributed by atoms with E-state index in [4.69, 9.17) is 16.7 Å². The smallest absolute Gasteiger partial charge is 0.404 e. The predicted molar refractivity (Wildman–Crippen MR) is 153 cm³/mol. The zero-order chi connectivity index (χ0) is 27.6. The average Bonchev–Trinajstić information content (AvgIpc) is 2.89. The van der Waals surface area contributed by atoms with Crippen molar-refractivity contribution in [3.63, 3.8) is 0 Å². The fourth-order valence-electron chi connectivity index (χ4n) is 4.93. The summed E-state index contributed by atoms with van der Waals surface area (Å²) in [5.41, 5.74) is 4.09. The van der Waals surface area contributed by atoms with Crippen molar-refractivity contribution >= 4 is 50.3 Å². The molecule has 9 nitrogen and oxygen atoms in total. The van der Waals surface area contributed by atoms with Crippen molar-refractivity contribution in [2.75, 3.05) is 10.0 Å². The molecule has 1 aliphatic carbocycles. The number of hydrogen-bond acceptors (Lipinski definition) is 6. The van der Waals surface area contributed by atoms with Crippen molar-refractivity contribution in [3.8, 4) is 11.1 Å². The van der Waals surface area contributed by atoms with E-state index in [1.807, 2.05) is 31.2 Å². The largest absolute Gasteiger partial charge is 0.465 e. The van der Waals surface area contributed by atoms with E-state index >= 15 is 0 Å². The summed E-state index contributed by atoms with van der Waals surface area (Å²) in [5.74, 6) is 0.552. The van der Waals surface area contributed by atoms with Gasteiger partial charge in [0.25, 0.3) is 10.0 Å². The number of benzene rings is 3. The second-order valence-corrected chi connectivity index (χ2v) is 11.7. The molecule has 4 aromatic rings. The lowest BCUT2D eigenvalue weighted by atomic mass is 9.91. The number of anilines is 2. The predicted octanol–water partition coefficient (Wildman–Crippen LogP) is 6.05. The molecule has 39 heavy (non-hydrogen) atoms. The minimum absolute atomic E-state index is 0.00319. The van der Waals surface area contributed by atoms with Crippen molar-refractivity contribution in [3.05, 3.63) is 77.4 Å². The van der Waals surface area contributed by atoms with E-state index in [1.165, 1.54) is 6.07 Å². The van der Waals surface area contributed by atoms with Gasteiger partial charge in [0, 0.05) is 29.4 Å². The monoisotopic (exact) mass is 565 g/mol. The summed E-state index contributed by atoms with van der Waals surface area (Å²) < 4.78 is 28.2. The Hall–Kier alpha value is -3.89. The minimum Gasteiger partial charge on any atom is -0.465 e. The maximum Gasteiger partial charge on any atom is 0.404 e. The van der Waals surface area contributed by atoms with Crippen LogP contribution in [-0.4, -0.2) is 41.7 Å². The van der Waals surface area contributed by atoms with Gasteiger partial charge in [-0.3, -0.25) is 4.72 Å². The van der Waals surface area contributed by atoms with Gasteiger partial charge >= 0.3 is 6.09 Å². The van der Waals surface area contributed by atoms with Gasteiger partial charge in [0.2, 0.25) is 5.95 Å². The highest BCUT2D eigenvalue weighted by molar-refractivity contribution is 7.92. The third kappa shape index (κ3) is 6.23. The Morgan fingerprint density at radius 1 is 1.00 bits per heavy atom. The van der Waals surface area contributed by atoms with E-state index in [1.54, 1.807) is 36.5 Å². The Morgan fingerprint density at radius 3 is 2.46 bits per heavy atom. The first-order chi connectivity index (χ1) is 18.7. The fraction of sp³-hybridized carbons (Fsp3) is 0.250. The Morgan fingerprint density at radius 2 is 1.74 bits per heavy atom. The number of hydrogen-bond donors (Lipinski definition) is 4. The van der Waals surface area contributed by atoms with Crippen LogP contribution in [0.2, 0.25) is 5.02 Å². The summed E-state index contributed by atoms with van der Waals surface area (Å²) in [6, 6.07) is 17.9. The van der Waals surface area contributed by atoms with Crippen molar-refractivity contribution < 1.29 is 18.3 Å². The van der Waals surface area contributed by atoms with Crippen LogP contribution >= 0.6 is 11.6 Å². The number of halogens is 1. The van der Waals surface area contributed by atoms with Gasteiger partial charge in [-0.1, -0.05) is 35.9 Å². The maximum absolute atomic E-state index is 12.8. The molecule has 1 aromatic heterocycles. The van der Waals surface area contributed by atoms with Crippen LogP contribution < -0.4 is 15.4 Å². The number of nitrogens with one attached hydrogen (secondary N) is 3. The molecule has 0 spiro atoms.